The first-order chi connectivity index (χ1) is 17.6. The van der Waals surface area contributed by atoms with E-state index < -0.39 is 58.4 Å². The van der Waals surface area contributed by atoms with Crippen molar-refractivity contribution in [3.8, 4) is 0 Å². The lowest BCUT2D eigenvalue weighted by atomic mass is 10.2. The molecular weight excluding hydrogens is 526 g/mol. The van der Waals surface area contributed by atoms with Crippen LogP contribution in [-0.4, -0.2) is 81.7 Å². The summed E-state index contributed by atoms with van der Waals surface area (Å²) in [6.45, 7) is -1.21. The van der Waals surface area contributed by atoms with Crippen LogP contribution in [0, 0.1) is 11.6 Å². The second kappa shape index (κ2) is 10.9. The van der Waals surface area contributed by atoms with Crippen molar-refractivity contribution in [2.75, 3.05) is 49.1 Å². The Morgan fingerprint density at radius 1 is 1.19 bits per heavy atom. The number of ether oxygens (including phenoxy) is 1. The number of nitrogens with one attached hydrogen (secondary N) is 1. The molecule has 1 aromatic heterocycles. The molecule has 16 heteroatoms. The number of cyclic esters (lactones) is 1. The average Bonchev–Trinajstić information content (AvgIpc) is 3.06. The molecule has 1 atom stereocenters. The molecule has 2 fully saturated rings. The molecule has 200 valence electrons. The second-order valence-corrected chi connectivity index (χ2v) is 9.79. The van der Waals surface area contributed by atoms with Crippen molar-refractivity contribution in [1.82, 2.24) is 14.8 Å². The van der Waals surface area contributed by atoms with Gasteiger partial charge < -0.3 is 15.0 Å². The van der Waals surface area contributed by atoms with Crippen LogP contribution in [0.25, 0.3) is 0 Å². The molecule has 4 rings (SSSR count). The Morgan fingerprint density at radius 2 is 1.92 bits per heavy atom. The summed E-state index contributed by atoms with van der Waals surface area (Å²) in [6, 6.07) is 4.58. The van der Waals surface area contributed by atoms with Gasteiger partial charge in [-0.2, -0.15) is 8.78 Å². The summed E-state index contributed by atoms with van der Waals surface area (Å²) in [5.74, 6) is -3.59. The first-order valence-electron chi connectivity index (χ1n) is 10.9. The van der Waals surface area contributed by atoms with Gasteiger partial charge >= 0.3 is 12.5 Å². The summed E-state index contributed by atoms with van der Waals surface area (Å²) >= 11 is 0. The zero-order valence-electron chi connectivity index (χ0n) is 19.0. The van der Waals surface area contributed by atoms with Gasteiger partial charge in [0.1, 0.15) is 16.7 Å². The van der Waals surface area contributed by atoms with Gasteiger partial charge in [0.15, 0.2) is 11.6 Å². The van der Waals surface area contributed by atoms with Crippen molar-refractivity contribution in [2.45, 2.75) is 17.4 Å². The van der Waals surface area contributed by atoms with Crippen molar-refractivity contribution in [1.29, 1.82) is 0 Å². The third-order valence-corrected chi connectivity index (χ3v) is 7.22. The lowest BCUT2D eigenvalue weighted by Crippen LogP contribution is -2.37. The Balaban J connectivity index is 1.45. The maximum absolute atomic E-state index is 15.1. The molecule has 11 nitrogen and oxygen atoms in total. The van der Waals surface area contributed by atoms with E-state index in [1.54, 1.807) is 0 Å². The van der Waals surface area contributed by atoms with Crippen molar-refractivity contribution >= 4 is 33.4 Å². The number of alkyl halides is 2. The molecule has 0 unspecified atom stereocenters. The highest BCUT2D eigenvalue weighted by molar-refractivity contribution is 7.89. The summed E-state index contributed by atoms with van der Waals surface area (Å²) in [6.07, 6.45) is -2.65. The van der Waals surface area contributed by atoms with Gasteiger partial charge in [-0.05, 0) is 12.1 Å². The van der Waals surface area contributed by atoms with Crippen LogP contribution in [0.4, 0.5) is 33.7 Å². The van der Waals surface area contributed by atoms with E-state index in [1.807, 2.05) is 5.32 Å². The fourth-order valence-electron chi connectivity index (χ4n) is 3.80. The number of rotatable bonds is 7. The van der Waals surface area contributed by atoms with Crippen LogP contribution >= 0.6 is 0 Å². The Bertz CT molecular complexity index is 1250. The molecule has 2 aromatic rings. The Hall–Kier alpha value is -3.50. The Morgan fingerprint density at radius 3 is 2.57 bits per heavy atom. The Kier molecular flexibility index (Phi) is 7.79. The van der Waals surface area contributed by atoms with Crippen LogP contribution in [0.2, 0.25) is 0 Å². The monoisotopic (exact) mass is 547 g/mol. The molecule has 0 saturated carbocycles. The van der Waals surface area contributed by atoms with E-state index in [1.165, 1.54) is 23.2 Å². The number of amides is 2. The predicted octanol–water partition coefficient (Wildman–Crippen LogP) is 1.51. The van der Waals surface area contributed by atoms with Crippen LogP contribution in [0.3, 0.4) is 0 Å². The number of sulfonamides is 1. The first-order valence-corrected chi connectivity index (χ1v) is 12.4. The van der Waals surface area contributed by atoms with Gasteiger partial charge in [0.2, 0.25) is 0 Å². The maximum atomic E-state index is 15.1. The van der Waals surface area contributed by atoms with Gasteiger partial charge in [-0.25, -0.2) is 22.0 Å². The smallest absolute Gasteiger partial charge is 0.414 e. The molecule has 2 saturated heterocycles. The van der Waals surface area contributed by atoms with Crippen LogP contribution in [0.5, 0.6) is 0 Å². The van der Waals surface area contributed by atoms with E-state index in [-0.39, 0.29) is 43.4 Å². The molecule has 0 radical (unpaired) electrons. The summed E-state index contributed by atoms with van der Waals surface area (Å²) in [5.41, 5.74) is -0.625. The Labute approximate surface area is 208 Å². The normalized spacial score (nSPS) is 19.2. The minimum absolute atomic E-state index is 0.0378. The number of carbonyl (C=O) groups is 2. The number of halogens is 4. The molecular formula is C21H21F4N5O6S. The van der Waals surface area contributed by atoms with Crippen molar-refractivity contribution in [3.05, 3.63) is 48.3 Å². The number of nitrogens with zero attached hydrogens (tertiary/aromatic N) is 4. The topological polar surface area (TPSA) is 121 Å². The zero-order chi connectivity index (χ0) is 26.7. The number of pyridine rings is 1. The lowest BCUT2D eigenvalue weighted by molar-refractivity contribution is -0.132. The summed E-state index contributed by atoms with van der Waals surface area (Å²) in [4.78, 5) is 34.4. The van der Waals surface area contributed by atoms with E-state index in [0.29, 0.717) is 0 Å². The van der Waals surface area contributed by atoms with Gasteiger partial charge in [-0.15, -0.1) is 0 Å². The van der Waals surface area contributed by atoms with E-state index in [0.717, 1.165) is 27.7 Å². The number of hydroxylamine groups is 1. The number of aromatic nitrogens is 1. The molecule has 3 heterocycles. The fourth-order valence-corrected chi connectivity index (χ4v) is 5.02. The summed E-state index contributed by atoms with van der Waals surface area (Å²) in [5, 5.41) is 1.91. The summed E-state index contributed by atoms with van der Waals surface area (Å²) in [7, 11) is -4.05. The fraction of sp³-hybridized carbons (Fsp3) is 0.381. The van der Waals surface area contributed by atoms with Gasteiger partial charge in [0.25, 0.3) is 15.9 Å². The van der Waals surface area contributed by atoms with Crippen LogP contribution in [0.1, 0.15) is 0 Å². The molecule has 2 amide bonds. The first kappa shape index (κ1) is 26.6. The van der Waals surface area contributed by atoms with Gasteiger partial charge in [0, 0.05) is 37.6 Å². The van der Waals surface area contributed by atoms with E-state index in [4.69, 9.17) is 9.57 Å². The van der Waals surface area contributed by atoms with Crippen LogP contribution < -0.4 is 15.1 Å². The molecule has 2 aliphatic heterocycles. The molecule has 1 aromatic carbocycles. The van der Waals surface area contributed by atoms with Gasteiger partial charge in [-0.3, -0.25) is 19.5 Å². The van der Waals surface area contributed by atoms with Crippen molar-refractivity contribution in [2.24, 2.45) is 0 Å². The van der Waals surface area contributed by atoms with Crippen LogP contribution in [-0.2, 0) is 24.4 Å². The maximum Gasteiger partial charge on any atom is 0.414 e. The molecule has 1 N–H and O–H groups in total. The number of carbonyl (C=O) groups excluding carboxylic acids is 2. The largest absolute Gasteiger partial charge is 0.442 e. The van der Waals surface area contributed by atoms with E-state index in [2.05, 4.69) is 4.98 Å². The highest BCUT2D eigenvalue weighted by Gasteiger charge is 2.35. The quantitative estimate of drug-likeness (QED) is 0.518. The van der Waals surface area contributed by atoms with E-state index in [9.17, 15) is 26.8 Å². The molecule has 2 aliphatic rings. The van der Waals surface area contributed by atoms with Crippen molar-refractivity contribution in [3.63, 3.8) is 0 Å². The highest BCUT2D eigenvalue weighted by Crippen LogP contribution is 2.31. The molecule has 0 spiro atoms. The SMILES string of the molecule is O=C(NC[C@H]1CN(c2cc(F)c(N3CCON(S(=O)(=O)c4cccnc4)CC3)c(F)c2)C(=O)O1)C(F)F. The number of anilines is 2. The van der Waals surface area contributed by atoms with Crippen molar-refractivity contribution < 1.29 is 45.1 Å². The summed E-state index contributed by atoms with van der Waals surface area (Å²) < 4.78 is 86.0. The predicted molar refractivity (Wildman–Crippen MR) is 119 cm³/mol. The van der Waals surface area contributed by atoms with Gasteiger partial charge in [-0.1, -0.05) is 4.47 Å². The minimum Gasteiger partial charge on any atom is -0.442 e. The molecule has 0 aliphatic carbocycles. The van der Waals surface area contributed by atoms with E-state index >= 15 is 8.78 Å². The number of hydrogen-bond donors (Lipinski definition) is 1. The third kappa shape index (κ3) is 5.75. The number of hydrogen-bond acceptors (Lipinski definition) is 8. The lowest BCUT2D eigenvalue weighted by Gasteiger charge is -2.24. The number of benzene rings is 1. The van der Waals surface area contributed by atoms with Crippen LogP contribution in [0.15, 0.2) is 41.6 Å². The highest BCUT2D eigenvalue weighted by atomic mass is 32.2. The molecule has 0 bridgehead atoms. The second-order valence-electron chi connectivity index (χ2n) is 7.96. The molecule has 37 heavy (non-hydrogen) atoms. The third-order valence-electron chi connectivity index (χ3n) is 5.56. The standard InChI is InChI=1S/C21H21F4N5O6S/c22-16-8-13(29-12-14(36-21(29)32)10-27-20(31)19(24)25)9-17(23)18(16)28-4-5-30(35-7-6-28)37(33,34)15-2-1-3-26-11-15/h1-3,8-9,11,14,19H,4-7,10,12H2,(H,27,31)/t14-/m0/s1. The minimum atomic E-state index is -4.05. The van der Waals surface area contributed by atoms with Gasteiger partial charge in [0.05, 0.1) is 31.9 Å². The average molecular weight is 547 g/mol. The zero-order valence-corrected chi connectivity index (χ0v) is 19.8.